The van der Waals surface area contributed by atoms with Gasteiger partial charge in [-0.05, 0) is 31.1 Å². The molecule has 5 heteroatoms. The lowest BCUT2D eigenvalue weighted by Crippen LogP contribution is -2.60. The van der Waals surface area contributed by atoms with Gasteiger partial charge in [-0.25, -0.2) is 0 Å². The second kappa shape index (κ2) is 5.72. The zero-order valence-corrected chi connectivity index (χ0v) is 12.1. The molecule has 3 rings (SSSR count). The van der Waals surface area contributed by atoms with Crippen molar-refractivity contribution >= 4 is 11.8 Å². The van der Waals surface area contributed by atoms with Crippen LogP contribution in [-0.4, -0.2) is 48.9 Å². The highest BCUT2D eigenvalue weighted by Crippen LogP contribution is 2.43. The Kier molecular flexibility index (Phi) is 3.96. The first kappa shape index (κ1) is 13.9. The number of nitrogens with zero attached hydrogens (tertiary/aromatic N) is 1. The highest BCUT2D eigenvalue weighted by atomic mass is 16.2. The maximum atomic E-state index is 12.3. The third-order valence-corrected chi connectivity index (χ3v) is 5.17. The summed E-state index contributed by atoms with van der Waals surface area (Å²) in [5.74, 6) is -0.731. The van der Waals surface area contributed by atoms with Gasteiger partial charge in [0.1, 0.15) is 0 Å². The summed E-state index contributed by atoms with van der Waals surface area (Å²) in [7, 11) is 0. The highest BCUT2D eigenvalue weighted by Gasteiger charge is 2.39. The summed E-state index contributed by atoms with van der Waals surface area (Å²) < 4.78 is 0. The Bertz CT molecular complexity index is 381. The second-order valence-electron chi connectivity index (χ2n) is 6.72. The summed E-state index contributed by atoms with van der Waals surface area (Å²) in [6.07, 6.45) is 8.61. The van der Waals surface area contributed by atoms with Crippen LogP contribution in [0.25, 0.3) is 0 Å². The van der Waals surface area contributed by atoms with Crippen molar-refractivity contribution in [2.24, 2.45) is 5.41 Å². The summed E-state index contributed by atoms with van der Waals surface area (Å²) in [6.45, 7) is 3.10. The Morgan fingerprint density at radius 3 is 2.40 bits per heavy atom. The van der Waals surface area contributed by atoms with E-state index in [9.17, 15) is 9.59 Å². The summed E-state index contributed by atoms with van der Waals surface area (Å²) >= 11 is 0. The number of piperidine rings is 1. The van der Waals surface area contributed by atoms with Crippen molar-refractivity contribution in [1.82, 2.24) is 15.5 Å². The van der Waals surface area contributed by atoms with E-state index in [1.165, 1.54) is 38.5 Å². The van der Waals surface area contributed by atoms with Gasteiger partial charge in [-0.3, -0.25) is 9.59 Å². The molecule has 20 heavy (non-hydrogen) atoms. The molecule has 1 saturated carbocycles. The quantitative estimate of drug-likeness (QED) is 0.693. The zero-order valence-electron chi connectivity index (χ0n) is 12.1. The largest absolute Gasteiger partial charge is 0.343 e. The van der Waals surface area contributed by atoms with E-state index in [1.54, 1.807) is 4.90 Å². The number of nitrogens with one attached hydrogen (secondary N) is 2. The lowest BCUT2D eigenvalue weighted by molar-refractivity contribution is -0.149. The van der Waals surface area contributed by atoms with Crippen LogP contribution in [0.1, 0.15) is 44.9 Å². The van der Waals surface area contributed by atoms with Crippen LogP contribution < -0.4 is 10.6 Å². The van der Waals surface area contributed by atoms with Crippen LogP contribution in [-0.2, 0) is 9.59 Å². The molecule has 3 aliphatic rings. The zero-order chi connectivity index (χ0) is 14.0. The van der Waals surface area contributed by atoms with Gasteiger partial charge in [0, 0.05) is 26.2 Å². The van der Waals surface area contributed by atoms with E-state index in [0.717, 1.165) is 32.6 Å². The molecule has 0 aromatic carbocycles. The smallest absolute Gasteiger partial charge is 0.311 e. The molecule has 0 aromatic heterocycles. The molecule has 2 aliphatic heterocycles. The van der Waals surface area contributed by atoms with Crippen LogP contribution in [0.5, 0.6) is 0 Å². The van der Waals surface area contributed by atoms with Crippen molar-refractivity contribution in [1.29, 1.82) is 0 Å². The molecule has 0 unspecified atom stereocenters. The average molecular weight is 279 g/mol. The first-order valence-electron chi connectivity index (χ1n) is 7.99. The van der Waals surface area contributed by atoms with Crippen LogP contribution in [0.4, 0.5) is 0 Å². The standard InChI is InChI=1S/C15H25N3O2/c19-13(17-12-9-16-10-12)14(20)18-8-4-7-15(11-18)5-2-1-3-6-15/h12,16H,1-11H2,(H,17,19). The fraction of sp³-hybridized carbons (Fsp3) is 0.867. The van der Waals surface area contributed by atoms with E-state index in [2.05, 4.69) is 10.6 Å². The molecule has 1 aliphatic carbocycles. The van der Waals surface area contributed by atoms with Crippen LogP contribution in [0.2, 0.25) is 0 Å². The number of hydrogen-bond donors (Lipinski definition) is 2. The van der Waals surface area contributed by atoms with E-state index < -0.39 is 5.91 Å². The maximum absolute atomic E-state index is 12.3. The van der Waals surface area contributed by atoms with Crippen LogP contribution in [0.3, 0.4) is 0 Å². The van der Waals surface area contributed by atoms with Crippen LogP contribution in [0, 0.1) is 5.41 Å². The summed E-state index contributed by atoms with van der Waals surface area (Å²) in [5.41, 5.74) is 0.310. The number of carbonyl (C=O) groups excluding carboxylic acids is 2. The van der Waals surface area contributed by atoms with Gasteiger partial charge in [0.05, 0.1) is 6.04 Å². The third-order valence-electron chi connectivity index (χ3n) is 5.17. The Balaban J connectivity index is 1.57. The average Bonchev–Trinajstić information content (AvgIpc) is 2.43. The van der Waals surface area contributed by atoms with Crippen molar-refractivity contribution in [3.05, 3.63) is 0 Å². The van der Waals surface area contributed by atoms with Crippen molar-refractivity contribution in [2.45, 2.75) is 51.0 Å². The van der Waals surface area contributed by atoms with Gasteiger partial charge in [0.2, 0.25) is 0 Å². The van der Waals surface area contributed by atoms with Gasteiger partial charge in [0.15, 0.2) is 0 Å². The van der Waals surface area contributed by atoms with E-state index in [1.807, 2.05) is 0 Å². The molecule has 5 nitrogen and oxygen atoms in total. The van der Waals surface area contributed by atoms with E-state index >= 15 is 0 Å². The Morgan fingerprint density at radius 2 is 1.75 bits per heavy atom. The van der Waals surface area contributed by atoms with Crippen LogP contribution >= 0.6 is 0 Å². The first-order chi connectivity index (χ1) is 9.69. The Morgan fingerprint density at radius 1 is 1.05 bits per heavy atom. The second-order valence-corrected chi connectivity index (χ2v) is 6.72. The van der Waals surface area contributed by atoms with Crippen molar-refractivity contribution in [3.63, 3.8) is 0 Å². The number of hydrogen-bond acceptors (Lipinski definition) is 3. The number of amides is 2. The summed E-state index contributed by atoms with van der Waals surface area (Å²) in [6, 6.07) is 0.139. The van der Waals surface area contributed by atoms with E-state index in [4.69, 9.17) is 0 Å². The summed E-state index contributed by atoms with van der Waals surface area (Å²) in [4.78, 5) is 26.1. The molecule has 2 saturated heterocycles. The third kappa shape index (κ3) is 2.82. The topological polar surface area (TPSA) is 61.4 Å². The van der Waals surface area contributed by atoms with Gasteiger partial charge in [0.25, 0.3) is 0 Å². The fourth-order valence-corrected chi connectivity index (χ4v) is 3.87. The van der Waals surface area contributed by atoms with Gasteiger partial charge < -0.3 is 15.5 Å². The lowest BCUT2D eigenvalue weighted by atomic mass is 9.69. The predicted molar refractivity (Wildman–Crippen MR) is 76.1 cm³/mol. The molecular formula is C15H25N3O2. The lowest BCUT2D eigenvalue weighted by Gasteiger charge is -2.45. The van der Waals surface area contributed by atoms with Gasteiger partial charge in [-0.15, -0.1) is 0 Å². The molecule has 0 radical (unpaired) electrons. The van der Waals surface area contributed by atoms with Gasteiger partial charge >= 0.3 is 11.8 Å². The fourth-order valence-electron chi connectivity index (χ4n) is 3.87. The molecule has 0 aromatic rings. The van der Waals surface area contributed by atoms with Gasteiger partial charge in [-0.2, -0.15) is 0 Å². The Labute approximate surface area is 120 Å². The van der Waals surface area contributed by atoms with Crippen LogP contribution in [0.15, 0.2) is 0 Å². The molecule has 1 spiro atoms. The van der Waals surface area contributed by atoms with Gasteiger partial charge in [-0.1, -0.05) is 19.3 Å². The highest BCUT2D eigenvalue weighted by molar-refractivity contribution is 6.35. The Hall–Kier alpha value is -1.10. The van der Waals surface area contributed by atoms with Crippen molar-refractivity contribution < 1.29 is 9.59 Å². The number of carbonyl (C=O) groups is 2. The minimum atomic E-state index is -0.413. The minimum Gasteiger partial charge on any atom is -0.343 e. The number of likely N-dealkylation sites (tertiary alicyclic amines) is 1. The molecule has 3 fully saturated rings. The van der Waals surface area contributed by atoms with E-state index in [0.29, 0.717) is 5.41 Å². The normalized spacial score (nSPS) is 26.1. The summed E-state index contributed by atoms with van der Waals surface area (Å²) in [5, 5.41) is 5.90. The monoisotopic (exact) mass is 279 g/mol. The molecule has 2 amide bonds. The minimum absolute atomic E-state index is 0.139. The SMILES string of the molecule is O=C(NC1CNC1)C(=O)N1CCCC2(CCCCC2)C1. The molecule has 0 atom stereocenters. The molecule has 2 heterocycles. The van der Waals surface area contributed by atoms with E-state index in [-0.39, 0.29) is 11.9 Å². The van der Waals surface area contributed by atoms with Crippen molar-refractivity contribution in [3.8, 4) is 0 Å². The number of rotatable bonds is 1. The molecule has 112 valence electrons. The molecule has 2 N–H and O–H groups in total. The molecule has 0 bridgehead atoms. The molecular weight excluding hydrogens is 254 g/mol. The first-order valence-corrected chi connectivity index (χ1v) is 7.99. The predicted octanol–water partition coefficient (Wildman–Crippen LogP) is 0.647. The maximum Gasteiger partial charge on any atom is 0.311 e. The van der Waals surface area contributed by atoms with Crippen molar-refractivity contribution in [2.75, 3.05) is 26.2 Å².